The highest BCUT2D eigenvalue weighted by Gasteiger charge is 2.61. The summed E-state index contributed by atoms with van der Waals surface area (Å²) in [5.41, 5.74) is 1.01. The number of carbonyl (C=O) groups is 1. The molecule has 2 heterocycles. The molecule has 190 valence electrons. The summed E-state index contributed by atoms with van der Waals surface area (Å²) in [5.74, 6) is 0.214. The third-order valence-electron chi connectivity index (χ3n) is 7.15. The number of fused-ring (bicyclic) bond motifs is 1. The number of carbonyl (C=O) groups excluding carboxylic acids is 1. The molecule has 6 nitrogen and oxygen atoms in total. The maximum atomic E-state index is 13.8. The van der Waals surface area contributed by atoms with Gasteiger partial charge in [0.25, 0.3) is 0 Å². The number of amides is 1. The lowest BCUT2D eigenvalue weighted by Crippen LogP contribution is -2.53. The molecule has 1 aliphatic heterocycles. The Kier molecular flexibility index (Phi) is 6.55. The molecule has 0 radical (unpaired) electrons. The molecule has 1 aliphatic carbocycles. The number of ether oxygens (including phenoxy) is 2. The number of rotatable bonds is 6. The number of halogens is 2. The molecule has 0 spiro atoms. The van der Waals surface area contributed by atoms with E-state index in [1.165, 1.54) is 6.07 Å². The van der Waals surface area contributed by atoms with Gasteiger partial charge in [-0.3, -0.25) is 4.90 Å². The quantitative estimate of drug-likeness (QED) is 0.369. The molecule has 1 saturated carbocycles. The largest absolute Gasteiger partial charge is 0.444 e. The lowest BCUT2D eigenvalue weighted by Gasteiger charge is -2.46. The zero-order chi connectivity index (χ0) is 25.5. The molecule has 0 bridgehead atoms. The number of aromatic nitrogens is 2. The molecule has 1 saturated heterocycles. The summed E-state index contributed by atoms with van der Waals surface area (Å²) in [6.45, 7) is 6.68. The smallest absolute Gasteiger partial charge is 0.411 e. The zero-order valence-corrected chi connectivity index (χ0v) is 21.5. The van der Waals surface area contributed by atoms with Gasteiger partial charge in [0, 0.05) is 29.5 Å². The van der Waals surface area contributed by atoms with E-state index in [1.807, 2.05) is 66.8 Å². The molecule has 0 unspecified atom stereocenters. The van der Waals surface area contributed by atoms with E-state index >= 15 is 0 Å². The molecule has 1 aromatic heterocycles. The van der Waals surface area contributed by atoms with Gasteiger partial charge in [-0.25, -0.2) is 14.2 Å². The first-order valence-electron chi connectivity index (χ1n) is 12.3. The first kappa shape index (κ1) is 24.8. The summed E-state index contributed by atoms with van der Waals surface area (Å²) in [4.78, 5) is 20.0. The number of hydrogen-bond donors (Lipinski definition) is 0. The summed E-state index contributed by atoms with van der Waals surface area (Å²) < 4.78 is 27.7. The van der Waals surface area contributed by atoms with Crippen molar-refractivity contribution in [2.24, 2.45) is 5.41 Å². The standard InChI is InChI=1S/C28H31ClFN3O3/c1-27(2,3)36-26(34)33-23(25-31-13-14-32(25)20-9-10-22(30)21(29)15-20)16-28(12-11-24(28)33)18-35-17-19-7-5-4-6-8-19/h4-10,13-15,23-24H,11-12,16-18H2,1-3H3/t23-,24+,28+/m0/s1. The van der Waals surface area contributed by atoms with Gasteiger partial charge in [-0.2, -0.15) is 0 Å². The summed E-state index contributed by atoms with van der Waals surface area (Å²) in [7, 11) is 0. The van der Waals surface area contributed by atoms with Crippen LogP contribution in [0.15, 0.2) is 60.9 Å². The van der Waals surface area contributed by atoms with Gasteiger partial charge in [-0.15, -0.1) is 0 Å². The van der Waals surface area contributed by atoms with Crippen LogP contribution in [0.5, 0.6) is 0 Å². The second kappa shape index (κ2) is 9.52. The number of nitrogens with zero attached hydrogens (tertiary/aromatic N) is 3. The number of hydrogen-bond acceptors (Lipinski definition) is 4. The average molecular weight is 512 g/mol. The van der Waals surface area contributed by atoms with Crippen LogP contribution in [-0.4, -0.2) is 38.8 Å². The Hall–Kier alpha value is -2.90. The molecular formula is C28H31ClFN3O3. The maximum Gasteiger partial charge on any atom is 0.411 e. The molecular weight excluding hydrogens is 481 g/mol. The Labute approximate surface area is 216 Å². The fourth-order valence-electron chi connectivity index (χ4n) is 5.43. The molecule has 2 aromatic carbocycles. The van der Waals surface area contributed by atoms with E-state index < -0.39 is 11.4 Å². The van der Waals surface area contributed by atoms with Crippen molar-refractivity contribution in [3.63, 3.8) is 0 Å². The van der Waals surface area contributed by atoms with E-state index in [0.29, 0.717) is 31.1 Å². The van der Waals surface area contributed by atoms with E-state index in [2.05, 4.69) is 4.98 Å². The van der Waals surface area contributed by atoms with Crippen molar-refractivity contribution in [2.75, 3.05) is 6.61 Å². The predicted molar refractivity (Wildman–Crippen MR) is 136 cm³/mol. The first-order chi connectivity index (χ1) is 17.2. The molecule has 3 atom stereocenters. The van der Waals surface area contributed by atoms with E-state index in [-0.39, 0.29) is 28.6 Å². The third kappa shape index (κ3) is 4.74. The Morgan fingerprint density at radius 1 is 1.22 bits per heavy atom. The molecule has 0 N–H and O–H groups in total. The van der Waals surface area contributed by atoms with Crippen LogP contribution >= 0.6 is 11.6 Å². The highest BCUT2D eigenvalue weighted by molar-refractivity contribution is 6.30. The van der Waals surface area contributed by atoms with E-state index in [0.717, 1.165) is 18.4 Å². The van der Waals surface area contributed by atoms with Crippen LogP contribution < -0.4 is 0 Å². The summed E-state index contributed by atoms with van der Waals surface area (Å²) in [5, 5.41) is 0.0356. The van der Waals surface area contributed by atoms with Gasteiger partial charge >= 0.3 is 6.09 Å². The summed E-state index contributed by atoms with van der Waals surface area (Å²) in [6.07, 6.45) is 5.70. The first-order valence-corrected chi connectivity index (χ1v) is 12.7. The predicted octanol–water partition coefficient (Wildman–Crippen LogP) is 6.71. The van der Waals surface area contributed by atoms with Gasteiger partial charge in [0.05, 0.1) is 24.3 Å². The molecule has 2 aliphatic rings. The van der Waals surface area contributed by atoms with Crippen LogP contribution in [0.3, 0.4) is 0 Å². The maximum absolute atomic E-state index is 13.8. The Balaban J connectivity index is 1.45. The van der Waals surface area contributed by atoms with Crippen molar-refractivity contribution in [3.05, 3.63) is 83.2 Å². The third-order valence-corrected chi connectivity index (χ3v) is 7.44. The van der Waals surface area contributed by atoms with Crippen LogP contribution in [0.1, 0.15) is 57.5 Å². The molecule has 5 rings (SSSR count). The molecule has 8 heteroatoms. The van der Waals surface area contributed by atoms with Crippen LogP contribution in [0.4, 0.5) is 9.18 Å². The van der Waals surface area contributed by atoms with Crippen molar-refractivity contribution in [1.82, 2.24) is 14.5 Å². The highest BCUT2D eigenvalue weighted by Crippen LogP contribution is 2.59. The summed E-state index contributed by atoms with van der Waals surface area (Å²) >= 11 is 6.07. The monoisotopic (exact) mass is 511 g/mol. The Morgan fingerprint density at radius 2 is 2.00 bits per heavy atom. The molecule has 3 aromatic rings. The molecule has 2 fully saturated rings. The SMILES string of the molecule is CC(C)(C)OC(=O)N1[C@H](c2nccn2-c2ccc(F)c(Cl)c2)C[C@@]2(COCc3ccccc3)CC[C@@H]12. The summed E-state index contributed by atoms with van der Waals surface area (Å²) in [6, 6.07) is 14.3. The van der Waals surface area contributed by atoms with Gasteiger partial charge in [0.15, 0.2) is 0 Å². The van der Waals surface area contributed by atoms with E-state index in [9.17, 15) is 9.18 Å². The van der Waals surface area contributed by atoms with Crippen LogP contribution in [-0.2, 0) is 16.1 Å². The average Bonchev–Trinajstić information content (AvgIpc) is 3.37. The fourth-order valence-corrected chi connectivity index (χ4v) is 5.60. The van der Waals surface area contributed by atoms with E-state index in [1.54, 1.807) is 18.3 Å². The number of benzene rings is 2. The van der Waals surface area contributed by atoms with Crippen LogP contribution in [0.25, 0.3) is 5.69 Å². The second-order valence-corrected chi connectivity index (χ2v) is 11.2. The van der Waals surface area contributed by atoms with Gasteiger partial charge in [-0.1, -0.05) is 41.9 Å². The minimum absolute atomic E-state index is 0.00456. The molecule has 1 amide bonds. The minimum Gasteiger partial charge on any atom is -0.444 e. The van der Waals surface area contributed by atoms with Crippen molar-refractivity contribution in [1.29, 1.82) is 0 Å². The topological polar surface area (TPSA) is 56.6 Å². The minimum atomic E-state index is -0.625. The second-order valence-electron chi connectivity index (χ2n) is 10.8. The number of likely N-dealkylation sites (tertiary alicyclic amines) is 1. The van der Waals surface area contributed by atoms with E-state index in [4.69, 9.17) is 21.1 Å². The van der Waals surface area contributed by atoms with Gasteiger partial charge in [0.1, 0.15) is 17.2 Å². The normalized spacial score (nSPS) is 23.3. The van der Waals surface area contributed by atoms with Crippen molar-refractivity contribution in [2.45, 2.75) is 64.3 Å². The van der Waals surface area contributed by atoms with Gasteiger partial charge in [0.2, 0.25) is 0 Å². The lowest BCUT2D eigenvalue weighted by atomic mass is 9.65. The van der Waals surface area contributed by atoms with Gasteiger partial charge in [-0.05, 0) is 63.8 Å². The zero-order valence-electron chi connectivity index (χ0n) is 20.8. The van der Waals surface area contributed by atoms with Gasteiger partial charge < -0.3 is 14.0 Å². The van der Waals surface area contributed by atoms with Crippen molar-refractivity contribution >= 4 is 17.7 Å². The van der Waals surface area contributed by atoms with Crippen LogP contribution in [0, 0.1) is 11.2 Å². The lowest BCUT2D eigenvalue weighted by molar-refractivity contribution is -0.0514. The van der Waals surface area contributed by atoms with Crippen molar-refractivity contribution in [3.8, 4) is 5.69 Å². The Morgan fingerprint density at radius 3 is 2.67 bits per heavy atom. The van der Waals surface area contributed by atoms with Crippen molar-refractivity contribution < 1.29 is 18.7 Å². The highest BCUT2D eigenvalue weighted by atomic mass is 35.5. The Bertz CT molecular complexity index is 1240. The molecule has 36 heavy (non-hydrogen) atoms. The van der Waals surface area contributed by atoms with Crippen LogP contribution in [0.2, 0.25) is 5.02 Å². The number of imidazole rings is 1. The fraction of sp³-hybridized carbons (Fsp3) is 0.429.